The fourth-order valence-electron chi connectivity index (χ4n) is 1.63. The first-order valence-electron chi connectivity index (χ1n) is 5.95. The van der Waals surface area contributed by atoms with Gasteiger partial charge in [0.05, 0.1) is 17.4 Å². The van der Waals surface area contributed by atoms with E-state index >= 15 is 0 Å². The Morgan fingerprint density at radius 1 is 1.38 bits per heavy atom. The number of hydrogen-bond acceptors (Lipinski definition) is 4. The minimum Gasteiger partial charge on any atom is -0.505 e. The molecule has 0 aliphatic carbocycles. The lowest BCUT2D eigenvalue weighted by Gasteiger charge is -2.09. The summed E-state index contributed by atoms with van der Waals surface area (Å²) in [5.41, 5.74) is 0.992. The number of rotatable bonds is 2. The van der Waals surface area contributed by atoms with Gasteiger partial charge in [-0.2, -0.15) is 0 Å². The zero-order valence-corrected chi connectivity index (χ0v) is 11.6. The third-order valence-corrected chi connectivity index (χ3v) is 2.81. The van der Waals surface area contributed by atoms with Crippen molar-refractivity contribution < 1.29 is 15.0 Å². The minimum absolute atomic E-state index is 0.0889. The number of amides is 1. The Bertz CT molecular complexity index is 735. The number of anilines is 1. The molecular weight excluding hydrogens is 292 g/mol. The van der Waals surface area contributed by atoms with Crippen molar-refractivity contribution in [3.63, 3.8) is 0 Å². The molecule has 5 nitrogen and oxygen atoms in total. The smallest absolute Gasteiger partial charge is 0.259 e. The monoisotopic (exact) mass is 302 g/mol. The number of carbonyl (C=O) groups is 1. The zero-order valence-electron chi connectivity index (χ0n) is 10.8. The van der Waals surface area contributed by atoms with Crippen LogP contribution < -0.4 is 5.32 Å². The fourth-order valence-corrected chi connectivity index (χ4v) is 1.80. The van der Waals surface area contributed by atoms with E-state index in [0.717, 1.165) is 0 Å². The molecule has 0 radical (unpaired) electrons. The van der Waals surface area contributed by atoms with Crippen LogP contribution in [0, 0.1) is 11.8 Å². The van der Waals surface area contributed by atoms with Gasteiger partial charge >= 0.3 is 0 Å². The van der Waals surface area contributed by atoms with Crippen molar-refractivity contribution in [3.8, 4) is 17.6 Å². The number of halogens is 1. The summed E-state index contributed by atoms with van der Waals surface area (Å²) < 4.78 is 0. The van der Waals surface area contributed by atoms with E-state index in [4.69, 9.17) is 16.7 Å². The van der Waals surface area contributed by atoms with Gasteiger partial charge in [0.1, 0.15) is 12.4 Å². The van der Waals surface area contributed by atoms with Crippen LogP contribution in [0.15, 0.2) is 36.7 Å². The van der Waals surface area contributed by atoms with E-state index in [9.17, 15) is 9.90 Å². The highest BCUT2D eigenvalue weighted by Gasteiger charge is 2.12. The number of nitrogens with one attached hydrogen (secondary N) is 1. The topological polar surface area (TPSA) is 82.5 Å². The van der Waals surface area contributed by atoms with Crippen LogP contribution in [0.1, 0.15) is 15.9 Å². The lowest BCUT2D eigenvalue weighted by atomic mass is 10.1. The van der Waals surface area contributed by atoms with Crippen molar-refractivity contribution in [2.45, 2.75) is 0 Å². The Hall–Kier alpha value is -2.55. The van der Waals surface area contributed by atoms with Gasteiger partial charge in [0.15, 0.2) is 0 Å². The molecule has 0 fully saturated rings. The molecule has 0 saturated heterocycles. The highest BCUT2D eigenvalue weighted by molar-refractivity contribution is 6.31. The third kappa shape index (κ3) is 3.72. The van der Waals surface area contributed by atoms with Crippen molar-refractivity contribution in [2.75, 3.05) is 11.9 Å². The second-order valence-corrected chi connectivity index (χ2v) is 4.43. The average molecular weight is 303 g/mol. The number of carbonyl (C=O) groups excluding carboxylic acids is 1. The van der Waals surface area contributed by atoms with Crippen LogP contribution in [0.5, 0.6) is 5.75 Å². The summed E-state index contributed by atoms with van der Waals surface area (Å²) in [6.07, 6.45) is 2.58. The van der Waals surface area contributed by atoms with Gasteiger partial charge in [0.2, 0.25) is 0 Å². The summed E-state index contributed by atoms with van der Waals surface area (Å²) in [6, 6.07) is 6.20. The molecule has 1 heterocycles. The molecule has 0 aliphatic rings. The predicted octanol–water partition coefficient (Wildman–Crippen LogP) is 2.04. The molecule has 1 aromatic heterocycles. The first kappa shape index (κ1) is 14.9. The van der Waals surface area contributed by atoms with E-state index in [1.54, 1.807) is 18.2 Å². The van der Waals surface area contributed by atoms with Crippen molar-refractivity contribution in [3.05, 3.63) is 52.8 Å². The van der Waals surface area contributed by atoms with Gasteiger partial charge in [-0.15, -0.1) is 0 Å². The molecule has 6 heteroatoms. The summed E-state index contributed by atoms with van der Waals surface area (Å²) in [5.74, 6) is 4.48. The Kier molecular flexibility index (Phi) is 4.77. The Balaban J connectivity index is 2.33. The summed E-state index contributed by atoms with van der Waals surface area (Å²) >= 11 is 5.90. The van der Waals surface area contributed by atoms with Crippen LogP contribution in [0.25, 0.3) is 0 Å². The molecule has 0 spiro atoms. The predicted molar refractivity (Wildman–Crippen MR) is 79.3 cm³/mol. The maximum atomic E-state index is 12.1. The van der Waals surface area contributed by atoms with Gasteiger partial charge < -0.3 is 15.5 Å². The van der Waals surface area contributed by atoms with E-state index < -0.39 is 5.91 Å². The van der Waals surface area contributed by atoms with Crippen molar-refractivity contribution in [1.29, 1.82) is 0 Å². The van der Waals surface area contributed by atoms with Crippen LogP contribution in [0.4, 0.5) is 5.69 Å². The minimum atomic E-state index is -0.510. The molecule has 21 heavy (non-hydrogen) atoms. The number of nitrogens with zero attached hydrogens (tertiary/aromatic N) is 1. The van der Waals surface area contributed by atoms with E-state index in [2.05, 4.69) is 22.1 Å². The summed E-state index contributed by atoms with van der Waals surface area (Å²) in [5, 5.41) is 21.4. The first-order chi connectivity index (χ1) is 10.1. The quantitative estimate of drug-likeness (QED) is 0.741. The number of hydrogen-bond donors (Lipinski definition) is 3. The number of pyridine rings is 1. The van der Waals surface area contributed by atoms with Gasteiger partial charge in [-0.25, -0.2) is 0 Å². The highest BCUT2D eigenvalue weighted by atomic mass is 35.5. The second-order valence-electron chi connectivity index (χ2n) is 4.00. The molecular formula is C15H11ClN2O3. The van der Waals surface area contributed by atoms with Gasteiger partial charge in [-0.3, -0.25) is 9.78 Å². The summed E-state index contributed by atoms with van der Waals surface area (Å²) in [4.78, 5) is 15.8. The van der Waals surface area contributed by atoms with E-state index in [1.165, 1.54) is 18.5 Å². The molecule has 0 atom stereocenters. The normalized spacial score (nSPS) is 9.62. The summed E-state index contributed by atoms with van der Waals surface area (Å²) in [6.45, 7) is -0.291. The molecule has 2 aromatic rings. The van der Waals surface area contributed by atoms with Crippen LogP contribution in [0.2, 0.25) is 5.02 Å². The van der Waals surface area contributed by atoms with Crippen LogP contribution in [0.3, 0.4) is 0 Å². The highest BCUT2D eigenvalue weighted by Crippen LogP contribution is 2.22. The van der Waals surface area contributed by atoms with Crippen LogP contribution in [-0.4, -0.2) is 27.7 Å². The molecule has 106 valence electrons. The standard InChI is InChI=1S/C15H11ClN2O3/c16-11-4-3-10(2-1-7-19)13(8-11)18-15(21)12-5-6-17-9-14(12)20/h3-6,8-9,19-20H,7H2,(H,18,21). The van der Waals surface area contributed by atoms with Gasteiger partial charge in [0.25, 0.3) is 5.91 Å². The van der Waals surface area contributed by atoms with Crippen LogP contribution in [-0.2, 0) is 0 Å². The molecule has 3 N–H and O–H groups in total. The van der Waals surface area contributed by atoms with Gasteiger partial charge in [0, 0.05) is 16.8 Å². The lowest BCUT2D eigenvalue weighted by molar-refractivity contribution is 0.102. The number of aliphatic hydroxyl groups is 1. The van der Waals surface area contributed by atoms with Crippen molar-refractivity contribution >= 4 is 23.2 Å². The molecule has 0 aliphatic heterocycles. The molecule has 1 amide bonds. The maximum Gasteiger partial charge on any atom is 0.259 e. The van der Waals surface area contributed by atoms with E-state index in [1.807, 2.05) is 0 Å². The lowest BCUT2D eigenvalue weighted by Crippen LogP contribution is -2.13. The molecule has 0 bridgehead atoms. The van der Waals surface area contributed by atoms with Crippen molar-refractivity contribution in [2.24, 2.45) is 0 Å². The van der Waals surface area contributed by atoms with E-state index in [0.29, 0.717) is 16.3 Å². The molecule has 2 rings (SSSR count). The second kappa shape index (κ2) is 6.75. The van der Waals surface area contributed by atoms with Gasteiger partial charge in [-0.05, 0) is 24.3 Å². The zero-order chi connectivity index (χ0) is 15.2. The molecule has 0 unspecified atom stereocenters. The summed E-state index contributed by atoms with van der Waals surface area (Å²) in [7, 11) is 0. The Morgan fingerprint density at radius 3 is 2.90 bits per heavy atom. The largest absolute Gasteiger partial charge is 0.505 e. The number of aromatic hydroxyl groups is 1. The molecule has 0 saturated carbocycles. The number of aliphatic hydroxyl groups excluding tert-OH is 1. The fraction of sp³-hybridized carbons (Fsp3) is 0.0667. The van der Waals surface area contributed by atoms with Crippen molar-refractivity contribution in [1.82, 2.24) is 4.98 Å². The van der Waals surface area contributed by atoms with E-state index in [-0.39, 0.29) is 17.9 Å². The van der Waals surface area contributed by atoms with Gasteiger partial charge in [-0.1, -0.05) is 23.4 Å². The SMILES string of the molecule is O=C(Nc1cc(Cl)ccc1C#CCO)c1ccncc1O. The van der Waals surface area contributed by atoms with Crippen LogP contribution >= 0.6 is 11.6 Å². The molecule has 1 aromatic carbocycles. The number of benzene rings is 1. The Morgan fingerprint density at radius 2 is 2.19 bits per heavy atom. The number of aromatic nitrogens is 1. The maximum absolute atomic E-state index is 12.1. The Labute approximate surface area is 126 Å². The first-order valence-corrected chi connectivity index (χ1v) is 6.33. The average Bonchev–Trinajstić information content (AvgIpc) is 2.47. The third-order valence-electron chi connectivity index (χ3n) is 2.58.